The van der Waals surface area contributed by atoms with Crippen LogP contribution >= 0.6 is 0 Å². The molecule has 1 unspecified atom stereocenters. The van der Waals surface area contributed by atoms with Crippen molar-refractivity contribution in [3.05, 3.63) is 75.6 Å². The van der Waals surface area contributed by atoms with Crippen LogP contribution in [0.25, 0.3) is 5.69 Å². The maximum absolute atomic E-state index is 13.6. The first kappa shape index (κ1) is 29.5. The van der Waals surface area contributed by atoms with Gasteiger partial charge in [0.1, 0.15) is 23.6 Å². The molecule has 1 heterocycles. The predicted octanol–water partition coefficient (Wildman–Crippen LogP) is 3.06. The Morgan fingerprint density at radius 3 is 2.16 bits per heavy atom. The van der Waals surface area contributed by atoms with Gasteiger partial charge in [-0.1, -0.05) is 0 Å². The molecule has 3 N–H and O–H groups in total. The summed E-state index contributed by atoms with van der Waals surface area (Å²) in [6, 6.07) is 5.64. The SMILES string of the molecule is CC(=O)Nc1cccc([As](=O)(O)OO)c1.O=[N+]([O-])c1cnn(-c2c(F)c(F)c(C(F)(F)F)c(F)c2F)c1. The van der Waals surface area contributed by atoms with E-state index in [0.717, 1.165) is 0 Å². The number of nitrogens with one attached hydrogen (secondary N) is 1. The number of halogens is 7. The van der Waals surface area contributed by atoms with Crippen LogP contribution in [0.2, 0.25) is 0 Å². The van der Waals surface area contributed by atoms with E-state index in [1.807, 2.05) is 0 Å². The van der Waals surface area contributed by atoms with Gasteiger partial charge in [-0.2, -0.15) is 18.3 Å². The fourth-order valence-electron chi connectivity index (χ4n) is 2.61. The summed E-state index contributed by atoms with van der Waals surface area (Å²) in [4.78, 5) is 20.1. The Bertz CT molecular complexity index is 1370. The van der Waals surface area contributed by atoms with Crippen LogP contribution in [0.4, 0.5) is 42.1 Å². The van der Waals surface area contributed by atoms with Gasteiger partial charge in [0.15, 0.2) is 23.3 Å². The molecular weight excluding hydrogens is 592 g/mol. The van der Waals surface area contributed by atoms with Gasteiger partial charge < -0.3 is 0 Å². The minimum atomic E-state index is -5.68. The molecule has 1 aromatic heterocycles. The molecule has 0 aliphatic heterocycles. The maximum Gasteiger partial charge on any atom is 0.422 e. The van der Waals surface area contributed by atoms with E-state index in [1.165, 1.54) is 25.1 Å². The number of carbonyl (C=O) groups excluding carboxylic acids is 1. The van der Waals surface area contributed by atoms with Gasteiger partial charge in [-0.15, -0.1) is 0 Å². The molecule has 0 fully saturated rings. The molecule has 0 radical (unpaired) electrons. The molecule has 200 valence electrons. The number of alkyl halides is 3. The number of hydrogen-bond donors (Lipinski definition) is 3. The largest absolute Gasteiger partial charge is 0.422 e. The average Bonchev–Trinajstić information content (AvgIpc) is 3.27. The number of hydrogen-bond acceptors (Lipinski definition) is 7. The number of rotatable bonds is 5. The third-order valence-corrected chi connectivity index (χ3v) is 6.55. The van der Waals surface area contributed by atoms with Crippen molar-refractivity contribution in [2.75, 3.05) is 5.32 Å². The van der Waals surface area contributed by atoms with Crippen molar-refractivity contribution in [1.29, 1.82) is 0 Å². The Kier molecular flexibility index (Phi) is 8.86. The first-order valence-electron chi connectivity index (χ1n) is 9.18. The third kappa shape index (κ3) is 6.73. The van der Waals surface area contributed by atoms with E-state index in [1.54, 1.807) is 6.07 Å². The molecule has 0 aliphatic rings. The molecule has 19 heteroatoms. The zero-order valence-corrected chi connectivity index (χ0v) is 19.7. The van der Waals surface area contributed by atoms with Crippen LogP contribution in [0.3, 0.4) is 0 Å². The summed E-state index contributed by atoms with van der Waals surface area (Å²) in [5.74, 6) is -10.4. The number of nitro groups is 1. The Morgan fingerprint density at radius 1 is 1.16 bits per heavy atom. The molecule has 0 spiro atoms. The summed E-state index contributed by atoms with van der Waals surface area (Å²) in [5, 5.41) is 24.2. The van der Waals surface area contributed by atoms with E-state index in [9.17, 15) is 53.5 Å². The summed E-state index contributed by atoms with van der Waals surface area (Å²) in [6.07, 6.45) is -4.80. The van der Waals surface area contributed by atoms with Crippen LogP contribution in [0.1, 0.15) is 12.5 Å². The van der Waals surface area contributed by atoms with Crippen LogP contribution < -0.4 is 9.67 Å². The molecule has 0 saturated carbocycles. The van der Waals surface area contributed by atoms with Gasteiger partial charge in [-0.05, 0) is 0 Å². The first-order valence-corrected chi connectivity index (χ1v) is 12.5. The van der Waals surface area contributed by atoms with Crippen LogP contribution in [0.15, 0.2) is 36.7 Å². The Balaban J connectivity index is 0.000000281. The Morgan fingerprint density at radius 2 is 1.73 bits per heavy atom. The molecule has 11 nitrogen and oxygen atoms in total. The molecule has 37 heavy (non-hydrogen) atoms. The normalized spacial score (nSPS) is 12.8. The van der Waals surface area contributed by atoms with Gasteiger partial charge in [0.25, 0.3) is 0 Å². The smallest absolute Gasteiger partial charge is 0.258 e. The monoisotopic (exact) mass is 604 g/mol. The summed E-state index contributed by atoms with van der Waals surface area (Å²) in [7, 11) is 0. The summed E-state index contributed by atoms with van der Waals surface area (Å²) < 4.78 is 115. The molecule has 0 bridgehead atoms. The zero-order valence-electron chi connectivity index (χ0n) is 17.8. The van der Waals surface area contributed by atoms with E-state index < -0.39 is 65.5 Å². The number of carbonyl (C=O) groups is 1. The van der Waals surface area contributed by atoms with E-state index in [2.05, 4.69) is 14.3 Å². The van der Waals surface area contributed by atoms with Crippen LogP contribution in [-0.2, 0) is 18.6 Å². The van der Waals surface area contributed by atoms with Crippen LogP contribution in [0, 0.1) is 33.4 Å². The van der Waals surface area contributed by atoms with Gasteiger partial charge in [-0.25, -0.2) is 22.2 Å². The molecule has 1 atom stereocenters. The Labute approximate surface area is 203 Å². The van der Waals surface area contributed by atoms with Gasteiger partial charge >= 0.3 is 100 Å². The average molecular weight is 604 g/mol. The van der Waals surface area contributed by atoms with Gasteiger partial charge in [-0.3, -0.25) is 10.1 Å². The van der Waals surface area contributed by atoms with Gasteiger partial charge in [0.2, 0.25) is 0 Å². The van der Waals surface area contributed by atoms with E-state index >= 15 is 0 Å². The van der Waals surface area contributed by atoms with Crippen LogP contribution in [-0.4, -0.2) is 44.1 Å². The minimum Gasteiger partial charge on any atom is -0.258 e. The van der Waals surface area contributed by atoms with Crippen molar-refractivity contribution < 1.29 is 57.4 Å². The number of aromatic nitrogens is 2. The predicted molar refractivity (Wildman–Crippen MR) is 108 cm³/mol. The Hall–Kier alpha value is -3.73. The summed E-state index contributed by atoms with van der Waals surface area (Å²) >= 11 is -4.83. The molecule has 0 aliphatic carbocycles. The fourth-order valence-corrected chi connectivity index (χ4v) is 4.02. The van der Waals surface area contributed by atoms with E-state index in [4.69, 9.17) is 5.26 Å². The van der Waals surface area contributed by atoms with Gasteiger partial charge in [0.05, 0.1) is 4.92 Å². The number of anilines is 1. The molecule has 0 saturated heterocycles. The summed E-state index contributed by atoms with van der Waals surface area (Å²) in [6.45, 7) is 1.32. The van der Waals surface area contributed by atoms with Crippen molar-refractivity contribution >= 4 is 35.8 Å². The van der Waals surface area contributed by atoms with Crippen molar-refractivity contribution in [2.24, 2.45) is 0 Å². The van der Waals surface area contributed by atoms with Gasteiger partial charge in [0, 0.05) is 0 Å². The quantitative estimate of drug-likeness (QED) is 0.100. The second-order valence-electron chi connectivity index (χ2n) is 6.71. The second-order valence-corrected chi connectivity index (χ2v) is 10.3. The van der Waals surface area contributed by atoms with Crippen molar-refractivity contribution in [1.82, 2.24) is 9.78 Å². The fraction of sp³-hybridized carbons (Fsp3) is 0.111. The van der Waals surface area contributed by atoms with Crippen molar-refractivity contribution in [2.45, 2.75) is 13.1 Å². The topological polar surface area (TPSA) is 157 Å². The van der Waals surface area contributed by atoms with E-state index in [0.29, 0.717) is 18.1 Å². The first-order chi connectivity index (χ1) is 17.0. The molecular formula is C18H12AsF7N4O7. The molecule has 3 aromatic rings. The molecule has 2 aromatic carbocycles. The van der Waals surface area contributed by atoms with Crippen molar-refractivity contribution in [3.63, 3.8) is 0 Å². The zero-order chi connectivity index (χ0) is 28.3. The molecule has 3 rings (SSSR count). The minimum absolute atomic E-state index is 0.0229. The second kappa shape index (κ2) is 11.1. The number of amides is 1. The summed E-state index contributed by atoms with van der Waals surface area (Å²) in [5.41, 5.74) is -4.81. The van der Waals surface area contributed by atoms with Crippen molar-refractivity contribution in [3.8, 4) is 5.69 Å². The number of nitrogens with zero attached hydrogens (tertiary/aromatic N) is 3. The number of benzene rings is 2. The third-order valence-electron chi connectivity index (χ3n) is 4.14. The standard InChI is InChI=1S/C10H2F7N3O2.C8H10AsNO5/c11-5-4(10(15,16)17)6(12)8(14)9(7(5)13)19-2-3(1-18-19)20(21)22;1-6(11)10-8-4-2-3-7(5-8)9(12,13)15-14/h1-2H;2-5,14H,1H3,(H,10,11)(H,12,13). The van der Waals surface area contributed by atoms with Crippen LogP contribution in [0.5, 0.6) is 0 Å². The van der Waals surface area contributed by atoms with E-state index in [-0.39, 0.29) is 14.9 Å². The molecule has 1 amide bonds. The maximum atomic E-state index is 13.6.